The molecule has 0 radical (unpaired) electrons. The number of hydrogen-bond acceptors (Lipinski definition) is 3. The summed E-state index contributed by atoms with van der Waals surface area (Å²) in [5, 5.41) is 9.64. The Bertz CT molecular complexity index is 508. The molecule has 1 aromatic heterocycles. The molecule has 0 aliphatic carbocycles. The van der Waals surface area contributed by atoms with Crippen molar-refractivity contribution in [2.24, 2.45) is 0 Å². The number of aryl methyl sites for hydroxylation is 1. The molecule has 2 rings (SSSR count). The number of benzene rings is 1. The fourth-order valence-corrected chi connectivity index (χ4v) is 1.67. The standard InChI is InChI=1S/C15H17NO2/c1-3-15(17)14-8-7-13(10-16-14)18-12-6-4-5-11(2)9-12/h4-10,15,17H,3H2,1-2H3/t15-/m1/s1. The molecule has 0 saturated heterocycles. The summed E-state index contributed by atoms with van der Waals surface area (Å²) in [5.41, 5.74) is 1.83. The van der Waals surface area contributed by atoms with Crippen LogP contribution in [0.4, 0.5) is 0 Å². The maximum atomic E-state index is 9.64. The van der Waals surface area contributed by atoms with Crippen LogP contribution in [0.25, 0.3) is 0 Å². The molecule has 0 unspecified atom stereocenters. The lowest BCUT2D eigenvalue weighted by atomic mass is 10.2. The average Bonchev–Trinajstić information content (AvgIpc) is 2.39. The quantitative estimate of drug-likeness (QED) is 0.891. The van der Waals surface area contributed by atoms with Crippen molar-refractivity contribution in [1.82, 2.24) is 4.98 Å². The largest absolute Gasteiger partial charge is 0.456 e. The Hall–Kier alpha value is -1.87. The summed E-state index contributed by atoms with van der Waals surface area (Å²) in [6, 6.07) is 11.5. The van der Waals surface area contributed by atoms with Gasteiger partial charge in [0.2, 0.25) is 0 Å². The number of pyridine rings is 1. The minimum Gasteiger partial charge on any atom is -0.456 e. The highest BCUT2D eigenvalue weighted by atomic mass is 16.5. The molecule has 94 valence electrons. The van der Waals surface area contributed by atoms with Gasteiger partial charge in [0, 0.05) is 0 Å². The van der Waals surface area contributed by atoms with Gasteiger partial charge in [0.15, 0.2) is 0 Å². The van der Waals surface area contributed by atoms with Gasteiger partial charge in [0.25, 0.3) is 0 Å². The molecule has 3 heteroatoms. The van der Waals surface area contributed by atoms with Crippen molar-refractivity contribution in [3.05, 3.63) is 53.9 Å². The fourth-order valence-electron chi connectivity index (χ4n) is 1.67. The zero-order chi connectivity index (χ0) is 13.0. The van der Waals surface area contributed by atoms with Crippen molar-refractivity contribution in [2.75, 3.05) is 0 Å². The minimum atomic E-state index is -0.502. The van der Waals surface area contributed by atoms with Crippen molar-refractivity contribution in [3.8, 4) is 11.5 Å². The first-order valence-corrected chi connectivity index (χ1v) is 6.07. The number of nitrogens with zero attached hydrogens (tertiary/aromatic N) is 1. The van der Waals surface area contributed by atoms with Crippen LogP contribution in [0.1, 0.15) is 30.7 Å². The predicted octanol–water partition coefficient (Wildman–Crippen LogP) is 3.63. The number of rotatable bonds is 4. The lowest BCUT2D eigenvalue weighted by molar-refractivity contribution is 0.169. The van der Waals surface area contributed by atoms with Crippen molar-refractivity contribution in [2.45, 2.75) is 26.4 Å². The minimum absolute atomic E-state index is 0.502. The zero-order valence-electron chi connectivity index (χ0n) is 10.6. The first-order chi connectivity index (χ1) is 8.69. The molecule has 1 N–H and O–H groups in total. The van der Waals surface area contributed by atoms with E-state index in [0.717, 1.165) is 11.3 Å². The van der Waals surface area contributed by atoms with E-state index in [-0.39, 0.29) is 0 Å². The third-order valence-corrected chi connectivity index (χ3v) is 2.71. The van der Waals surface area contributed by atoms with E-state index in [2.05, 4.69) is 4.98 Å². The van der Waals surface area contributed by atoms with Crippen LogP contribution in [0.5, 0.6) is 11.5 Å². The van der Waals surface area contributed by atoms with E-state index in [1.165, 1.54) is 0 Å². The number of aliphatic hydroxyl groups is 1. The van der Waals surface area contributed by atoms with E-state index in [4.69, 9.17) is 4.74 Å². The monoisotopic (exact) mass is 243 g/mol. The number of aromatic nitrogens is 1. The van der Waals surface area contributed by atoms with Crippen LogP contribution in [0.2, 0.25) is 0 Å². The van der Waals surface area contributed by atoms with E-state index in [1.807, 2.05) is 44.2 Å². The maximum absolute atomic E-state index is 9.64. The van der Waals surface area contributed by atoms with E-state index < -0.39 is 6.10 Å². The zero-order valence-corrected chi connectivity index (χ0v) is 10.6. The molecule has 0 aliphatic heterocycles. The van der Waals surface area contributed by atoms with Gasteiger partial charge in [-0.25, -0.2) is 0 Å². The van der Waals surface area contributed by atoms with Gasteiger partial charge in [-0.05, 0) is 43.2 Å². The highest BCUT2D eigenvalue weighted by Crippen LogP contribution is 2.23. The van der Waals surface area contributed by atoms with Gasteiger partial charge < -0.3 is 9.84 Å². The molecule has 0 bridgehead atoms. The molecular formula is C15H17NO2. The molecular weight excluding hydrogens is 226 g/mol. The maximum Gasteiger partial charge on any atom is 0.145 e. The highest BCUT2D eigenvalue weighted by molar-refractivity contribution is 5.32. The fraction of sp³-hybridized carbons (Fsp3) is 0.267. The van der Waals surface area contributed by atoms with Crippen LogP contribution in [0.3, 0.4) is 0 Å². The van der Waals surface area contributed by atoms with Gasteiger partial charge in [-0.2, -0.15) is 0 Å². The molecule has 0 spiro atoms. The van der Waals surface area contributed by atoms with Crippen molar-refractivity contribution in [3.63, 3.8) is 0 Å². The average molecular weight is 243 g/mol. The summed E-state index contributed by atoms with van der Waals surface area (Å²) in [5.74, 6) is 1.47. The molecule has 0 saturated carbocycles. The summed E-state index contributed by atoms with van der Waals surface area (Å²) in [6.07, 6.45) is 1.79. The smallest absolute Gasteiger partial charge is 0.145 e. The molecule has 1 heterocycles. The van der Waals surface area contributed by atoms with E-state index in [0.29, 0.717) is 17.9 Å². The first kappa shape index (κ1) is 12.6. The number of ether oxygens (including phenoxy) is 1. The van der Waals surface area contributed by atoms with Gasteiger partial charge in [0.1, 0.15) is 11.5 Å². The van der Waals surface area contributed by atoms with Gasteiger partial charge in [0.05, 0.1) is 18.0 Å². The Labute approximate surface area is 107 Å². The summed E-state index contributed by atoms with van der Waals surface area (Å²) >= 11 is 0. The van der Waals surface area contributed by atoms with Crippen LogP contribution >= 0.6 is 0 Å². The third kappa shape index (κ3) is 3.08. The molecule has 1 aromatic carbocycles. The second kappa shape index (κ2) is 5.65. The lowest BCUT2D eigenvalue weighted by Gasteiger charge is -2.09. The Morgan fingerprint density at radius 2 is 2.06 bits per heavy atom. The molecule has 2 aromatic rings. The third-order valence-electron chi connectivity index (χ3n) is 2.71. The van der Waals surface area contributed by atoms with Gasteiger partial charge in [-0.3, -0.25) is 4.98 Å². The number of aliphatic hydroxyl groups excluding tert-OH is 1. The molecule has 0 aliphatic rings. The topological polar surface area (TPSA) is 42.4 Å². The van der Waals surface area contributed by atoms with Crippen molar-refractivity contribution in [1.29, 1.82) is 0 Å². The van der Waals surface area contributed by atoms with Crippen LogP contribution in [0, 0.1) is 6.92 Å². The second-order valence-electron chi connectivity index (χ2n) is 4.26. The van der Waals surface area contributed by atoms with Crippen LogP contribution in [0.15, 0.2) is 42.6 Å². The van der Waals surface area contributed by atoms with Crippen LogP contribution in [-0.2, 0) is 0 Å². The van der Waals surface area contributed by atoms with E-state index in [9.17, 15) is 5.11 Å². The molecule has 0 fully saturated rings. The van der Waals surface area contributed by atoms with Crippen molar-refractivity contribution >= 4 is 0 Å². The normalized spacial score (nSPS) is 12.2. The van der Waals surface area contributed by atoms with E-state index in [1.54, 1.807) is 12.3 Å². The van der Waals surface area contributed by atoms with Gasteiger partial charge >= 0.3 is 0 Å². The van der Waals surface area contributed by atoms with Crippen LogP contribution < -0.4 is 4.74 Å². The summed E-state index contributed by atoms with van der Waals surface area (Å²) < 4.78 is 5.68. The molecule has 1 atom stereocenters. The molecule has 3 nitrogen and oxygen atoms in total. The second-order valence-corrected chi connectivity index (χ2v) is 4.26. The summed E-state index contributed by atoms with van der Waals surface area (Å²) in [6.45, 7) is 3.94. The van der Waals surface area contributed by atoms with Gasteiger partial charge in [-0.1, -0.05) is 19.1 Å². The Morgan fingerprint density at radius 3 is 2.67 bits per heavy atom. The predicted molar refractivity (Wildman–Crippen MR) is 70.7 cm³/mol. The van der Waals surface area contributed by atoms with Gasteiger partial charge in [-0.15, -0.1) is 0 Å². The Kier molecular flexibility index (Phi) is 3.95. The first-order valence-electron chi connectivity index (χ1n) is 6.07. The molecule has 18 heavy (non-hydrogen) atoms. The molecule has 0 amide bonds. The summed E-state index contributed by atoms with van der Waals surface area (Å²) in [4.78, 5) is 4.19. The summed E-state index contributed by atoms with van der Waals surface area (Å²) in [7, 11) is 0. The SMILES string of the molecule is CC[C@@H](O)c1ccc(Oc2cccc(C)c2)cn1. The Morgan fingerprint density at radius 1 is 1.22 bits per heavy atom. The van der Waals surface area contributed by atoms with Crippen molar-refractivity contribution < 1.29 is 9.84 Å². The highest BCUT2D eigenvalue weighted by Gasteiger charge is 2.06. The number of hydrogen-bond donors (Lipinski definition) is 1. The van der Waals surface area contributed by atoms with Crippen LogP contribution in [-0.4, -0.2) is 10.1 Å². The Balaban J connectivity index is 2.11. The van der Waals surface area contributed by atoms with E-state index >= 15 is 0 Å². The lowest BCUT2D eigenvalue weighted by Crippen LogP contribution is -1.98.